The second-order valence-electron chi connectivity index (χ2n) is 7.30. The second-order valence-corrected chi connectivity index (χ2v) is 7.30. The molecule has 0 bridgehead atoms. The number of likely N-dealkylation sites (N-methyl/N-ethyl adjacent to an activating group) is 1. The van der Waals surface area contributed by atoms with Gasteiger partial charge in [0.15, 0.2) is 23.1 Å². The highest BCUT2D eigenvalue weighted by Gasteiger charge is 2.24. The Labute approximate surface area is 202 Å². The number of ether oxygens (including phenoxy) is 3. The van der Waals surface area contributed by atoms with Crippen LogP contribution in [0.3, 0.4) is 0 Å². The molecule has 0 aliphatic rings. The van der Waals surface area contributed by atoms with Crippen molar-refractivity contribution in [3.8, 4) is 17.2 Å². The molecule has 1 unspecified atom stereocenters. The third kappa shape index (κ3) is 6.92. The average Bonchev–Trinajstić information content (AvgIpc) is 2.87. The molecule has 0 saturated carbocycles. The molecule has 0 aromatic heterocycles. The Balaban J connectivity index is 1.71. The number of carbonyl (C=O) groups is 2. The normalized spacial score (nSPS) is 11.3. The van der Waals surface area contributed by atoms with E-state index in [2.05, 4.69) is 10.6 Å². The van der Waals surface area contributed by atoms with Gasteiger partial charge in [-0.3, -0.25) is 9.59 Å². The monoisotopic (exact) mass is 484 g/mol. The first-order valence-electron chi connectivity index (χ1n) is 11.0. The SMILES string of the molecule is CCOc1cc(C(=O)NC(C(=O)NC)c2ccc(F)c(F)c2)ccc1OCCOc1ccccc1. The molecule has 2 N–H and O–H groups in total. The molecule has 3 rings (SSSR count). The lowest BCUT2D eigenvalue weighted by Gasteiger charge is -2.19. The van der Waals surface area contributed by atoms with Crippen LogP contribution in [0.15, 0.2) is 66.7 Å². The quantitative estimate of drug-likeness (QED) is 0.402. The van der Waals surface area contributed by atoms with E-state index in [1.807, 2.05) is 30.3 Å². The van der Waals surface area contributed by atoms with Crippen molar-refractivity contribution in [2.24, 2.45) is 0 Å². The van der Waals surface area contributed by atoms with Crippen LogP contribution in [0.4, 0.5) is 8.78 Å². The first-order valence-corrected chi connectivity index (χ1v) is 11.0. The summed E-state index contributed by atoms with van der Waals surface area (Å²) in [5.41, 5.74) is 0.290. The fraction of sp³-hybridized carbons (Fsp3) is 0.231. The zero-order valence-corrected chi connectivity index (χ0v) is 19.3. The van der Waals surface area contributed by atoms with Gasteiger partial charge in [0.1, 0.15) is 25.0 Å². The van der Waals surface area contributed by atoms with Crippen molar-refractivity contribution in [3.63, 3.8) is 0 Å². The molecular weight excluding hydrogens is 458 g/mol. The van der Waals surface area contributed by atoms with Gasteiger partial charge in [-0.25, -0.2) is 8.78 Å². The van der Waals surface area contributed by atoms with E-state index in [1.165, 1.54) is 25.2 Å². The van der Waals surface area contributed by atoms with Gasteiger partial charge < -0.3 is 24.8 Å². The highest BCUT2D eigenvalue weighted by molar-refractivity contribution is 5.98. The number of rotatable bonds is 11. The lowest BCUT2D eigenvalue weighted by molar-refractivity contribution is -0.122. The molecular formula is C26H26F2N2O5. The van der Waals surface area contributed by atoms with Crippen LogP contribution >= 0.6 is 0 Å². The second kappa shape index (κ2) is 12.4. The summed E-state index contributed by atoms with van der Waals surface area (Å²) in [6.07, 6.45) is 0. The minimum Gasteiger partial charge on any atom is -0.490 e. The Morgan fingerprint density at radius 1 is 0.857 bits per heavy atom. The summed E-state index contributed by atoms with van der Waals surface area (Å²) in [5, 5.41) is 4.96. The lowest BCUT2D eigenvalue weighted by Crippen LogP contribution is -2.39. The minimum atomic E-state index is -1.23. The van der Waals surface area contributed by atoms with Crippen LogP contribution in [0.2, 0.25) is 0 Å². The summed E-state index contributed by atoms with van der Waals surface area (Å²) in [6, 6.07) is 15.7. The van der Waals surface area contributed by atoms with Crippen LogP contribution in [0.5, 0.6) is 17.2 Å². The average molecular weight is 484 g/mol. The number of nitrogens with one attached hydrogen (secondary N) is 2. The van der Waals surface area contributed by atoms with Crippen molar-refractivity contribution in [3.05, 3.63) is 89.5 Å². The minimum absolute atomic E-state index is 0.0972. The van der Waals surface area contributed by atoms with E-state index in [9.17, 15) is 18.4 Å². The topological polar surface area (TPSA) is 85.9 Å². The number of hydrogen-bond donors (Lipinski definition) is 2. The van der Waals surface area contributed by atoms with Gasteiger partial charge >= 0.3 is 0 Å². The summed E-state index contributed by atoms with van der Waals surface area (Å²) < 4.78 is 44.0. The first kappa shape index (κ1) is 25.5. The van der Waals surface area contributed by atoms with Gasteiger partial charge in [0.05, 0.1) is 6.61 Å². The number of benzene rings is 3. The number of carbonyl (C=O) groups excluding carboxylic acids is 2. The van der Waals surface area contributed by atoms with Crippen LogP contribution in [0.25, 0.3) is 0 Å². The number of amides is 2. The Bertz CT molecular complexity index is 1160. The molecule has 35 heavy (non-hydrogen) atoms. The molecule has 0 heterocycles. The van der Waals surface area contributed by atoms with E-state index in [4.69, 9.17) is 14.2 Å². The van der Waals surface area contributed by atoms with Crippen molar-refractivity contribution in [1.82, 2.24) is 10.6 Å². The summed E-state index contributed by atoms with van der Waals surface area (Å²) >= 11 is 0. The maximum absolute atomic E-state index is 13.7. The highest BCUT2D eigenvalue weighted by atomic mass is 19.2. The standard InChI is InChI=1S/C26H26F2N2O5/c1-3-33-23-16-18(10-12-22(23)35-14-13-34-19-7-5-4-6-8-19)25(31)30-24(26(32)29-2)17-9-11-20(27)21(28)15-17/h4-12,15-16,24H,3,13-14H2,1-2H3,(H,29,32)(H,30,31). The van der Waals surface area contributed by atoms with E-state index in [1.54, 1.807) is 13.0 Å². The van der Waals surface area contributed by atoms with E-state index in [0.29, 0.717) is 24.7 Å². The van der Waals surface area contributed by atoms with Crippen LogP contribution < -0.4 is 24.8 Å². The Hall–Kier alpha value is -4.14. The molecule has 0 radical (unpaired) electrons. The predicted molar refractivity (Wildman–Crippen MR) is 126 cm³/mol. The lowest BCUT2D eigenvalue weighted by atomic mass is 10.0. The van der Waals surface area contributed by atoms with Gasteiger partial charge in [0.25, 0.3) is 5.91 Å². The molecule has 3 aromatic carbocycles. The zero-order valence-electron chi connectivity index (χ0n) is 19.3. The van der Waals surface area contributed by atoms with Crippen molar-refractivity contribution in [1.29, 1.82) is 0 Å². The van der Waals surface area contributed by atoms with Gasteiger partial charge in [-0.05, 0) is 55.0 Å². The van der Waals surface area contributed by atoms with Crippen molar-refractivity contribution >= 4 is 11.8 Å². The molecule has 0 spiro atoms. The van der Waals surface area contributed by atoms with Crippen LogP contribution in [-0.2, 0) is 4.79 Å². The summed E-state index contributed by atoms with van der Waals surface area (Å²) in [5.74, 6) is -1.90. The van der Waals surface area contributed by atoms with Crippen molar-refractivity contribution in [2.45, 2.75) is 13.0 Å². The van der Waals surface area contributed by atoms with Gasteiger partial charge in [0.2, 0.25) is 5.91 Å². The number of para-hydroxylation sites is 1. The van der Waals surface area contributed by atoms with Gasteiger partial charge in [-0.1, -0.05) is 24.3 Å². The summed E-state index contributed by atoms with van der Waals surface area (Å²) in [7, 11) is 1.38. The maximum Gasteiger partial charge on any atom is 0.252 e. The molecule has 184 valence electrons. The van der Waals surface area contributed by atoms with Crippen LogP contribution in [0.1, 0.15) is 28.9 Å². The molecule has 2 amide bonds. The molecule has 1 atom stereocenters. The molecule has 0 aliphatic carbocycles. The molecule has 0 aliphatic heterocycles. The molecule has 0 fully saturated rings. The fourth-order valence-corrected chi connectivity index (χ4v) is 3.22. The largest absolute Gasteiger partial charge is 0.490 e. The molecule has 7 nitrogen and oxygen atoms in total. The Kier molecular flexibility index (Phi) is 9.00. The maximum atomic E-state index is 13.7. The van der Waals surface area contributed by atoms with E-state index in [-0.39, 0.29) is 17.7 Å². The summed E-state index contributed by atoms with van der Waals surface area (Å²) in [6.45, 7) is 2.67. The number of halogens is 2. The van der Waals surface area contributed by atoms with Crippen LogP contribution in [-0.4, -0.2) is 38.7 Å². The smallest absolute Gasteiger partial charge is 0.252 e. The Morgan fingerprint density at radius 3 is 2.29 bits per heavy atom. The van der Waals surface area contributed by atoms with E-state index >= 15 is 0 Å². The summed E-state index contributed by atoms with van der Waals surface area (Å²) in [4.78, 5) is 25.3. The van der Waals surface area contributed by atoms with E-state index < -0.39 is 29.5 Å². The third-order valence-electron chi connectivity index (χ3n) is 4.92. The number of hydrogen-bond acceptors (Lipinski definition) is 5. The zero-order chi connectivity index (χ0) is 25.2. The fourth-order valence-electron chi connectivity index (χ4n) is 3.22. The van der Waals surface area contributed by atoms with Gasteiger partial charge in [0, 0.05) is 12.6 Å². The third-order valence-corrected chi connectivity index (χ3v) is 4.92. The van der Waals surface area contributed by atoms with E-state index in [0.717, 1.165) is 17.9 Å². The molecule has 3 aromatic rings. The van der Waals surface area contributed by atoms with Crippen molar-refractivity contribution in [2.75, 3.05) is 26.9 Å². The van der Waals surface area contributed by atoms with Crippen molar-refractivity contribution < 1.29 is 32.6 Å². The highest BCUT2D eigenvalue weighted by Crippen LogP contribution is 2.29. The molecule has 0 saturated heterocycles. The van der Waals surface area contributed by atoms with Crippen LogP contribution in [0, 0.1) is 11.6 Å². The first-order chi connectivity index (χ1) is 16.9. The Morgan fingerprint density at radius 2 is 1.60 bits per heavy atom. The van der Waals surface area contributed by atoms with Gasteiger partial charge in [-0.2, -0.15) is 0 Å². The van der Waals surface area contributed by atoms with Gasteiger partial charge in [-0.15, -0.1) is 0 Å². The predicted octanol–water partition coefficient (Wildman–Crippen LogP) is 4.04. The molecule has 9 heteroatoms.